The van der Waals surface area contributed by atoms with Crippen molar-refractivity contribution in [2.45, 2.75) is 6.92 Å². The monoisotopic (exact) mass is 403 g/mol. The Morgan fingerprint density at radius 3 is 2.78 bits per heavy atom. The second-order valence-electron chi connectivity index (χ2n) is 6.02. The van der Waals surface area contributed by atoms with Crippen LogP contribution < -0.4 is 9.64 Å². The molecule has 1 saturated heterocycles. The Labute approximate surface area is 165 Å². The molecule has 4 heterocycles. The van der Waals surface area contributed by atoms with Gasteiger partial charge in [-0.05, 0) is 25.1 Å². The van der Waals surface area contributed by atoms with Gasteiger partial charge in [0.1, 0.15) is 10.3 Å². The summed E-state index contributed by atoms with van der Waals surface area (Å²) in [5.74, 6) is 0.234. The maximum absolute atomic E-state index is 12.8. The van der Waals surface area contributed by atoms with E-state index in [2.05, 4.69) is 19.9 Å². The number of fused-ring (bicyclic) bond motifs is 1. The summed E-state index contributed by atoms with van der Waals surface area (Å²) in [5.41, 5.74) is 1.14. The van der Waals surface area contributed by atoms with Crippen molar-refractivity contribution in [3.63, 3.8) is 0 Å². The van der Waals surface area contributed by atoms with Crippen LogP contribution in [0, 0.1) is 0 Å². The molecule has 0 radical (unpaired) electrons. The highest BCUT2D eigenvalue weighted by atomic mass is 35.5. The molecule has 0 spiro atoms. The van der Waals surface area contributed by atoms with E-state index in [9.17, 15) is 4.79 Å². The van der Waals surface area contributed by atoms with E-state index in [0.717, 1.165) is 15.5 Å². The zero-order chi connectivity index (χ0) is 18.8. The van der Waals surface area contributed by atoms with Gasteiger partial charge in [0.15, 0.2) is 10.8 Å². The first-order chi connectivity index (χ1) is 13.2. The summed E-state index contributed by atoms with van der Waals surface area (Å²) in [6, 6.07) is 7.16. The highest BCUT2D eigenvalue weighted by Crippen LogP contribution is 2.28. The second-order valence-corrected chi connectivity index (χ2v) is 7.38. The number of piperazine rings is 1. The van der Waals surface area contributed by atoms with Crippen LogP contribution >= 0.6 is 22.9 Å². The third-order valence-corrected chi connectivity index (χ3v) is 5.65. The van der Waals surface area contributed by atoms with Gasteiger partial charge < -0.3 is 14.5 Å². The van der Waals surface area contributed by atoms with Crippen LogP contribution in [0.15, 0.2) is 30.5 Å². The maximum Gasteiger partial charge on any atom is 0.274 e. The molecule has 1 fully saturated rings. The second kappa shape index (κ2) is 7.66. The molecule has 7 nitrogen and oxygen atoms in total. The number of amides is 1. The average Bonchev–Trinajstić information content (AvgIpc) is 3.13. The summed E-state index contributed by atoms with van der Waals surface area (Å²) < 4.78 is 5.38. The summed E-state index contributed by atoms with van der Waals surface area (Å²) in [6.07, 6.45) is 1.77. The van der Waals surface area contributed by atoms with Crippen LogP contribution in [0.5, 0.6) is 5.88 Å². The molecule has 0 aromatic carbocycles. The van der Waals surface area contributed by atoms with Gasteiger partial charge in [-0.1, -0.05) is 22.9 Å². The van der Waals surface area contributed by atoms with Gasteiger partial charge in [0.05, 0.1) is 11.6 Å². The third kappa shape index (κ3) is 3.68. The predicted molar refractivity (Wildman–Crippen MR) is 106 cm³/mol. The molecule has 3 aromatic heterocycles. The lowest BCUT2D eigenvalue weighted by Gasteiger charge is -2.34. The number of hydrogen-bond acceptors (Lipinski definition) is 7. The van der Waals surface area contributed by atoms with Crippen molar-refractivity contribution in [3.05, 3.63) is 41.2 Å². The molecular weight excluding hydrogens is 386 g/mol. The van der Waals surface area contributed by atoms with Crippen molar-refractivity contribution in [2.75, 3.05) is 37.7 Å². The first kappa shape index (κ1) is 17.9. The van der Waals surface area contributed by atoms with Crippen LogP contribution in [0.1, 0.15) is 17.4 Å². The minimum atomic E-state index is -0.174. The summed E-state index contributed by atoms with van der Waals surface area (Å²) in [4.78, 5) is 31.0. The number of carbonyl (C=O) groups excluding carboxylic acids is 1. The van der Waals surface area contributed by atoms with E-state index >= 15 is 0 Å². The lowest BCUT2D eigenvalue weighted by atomic mass is 10.2. The molecule has 0 saturated carbocycles. The van der Waals surface area contributed by atoms with E-state index in [4.69, 9.17) is 16.3 Å². The number of aromatic nitrogens is 3. The quantitative estimate of drug-likeness (QED) is 0.666. The van der Waals surface area contributed by atoms with Crippen LogP contribution in [-0.2, 0) is 0 Å². The summed E-state index contributed by atoms with van der Waals surface area (Å²) in [7, 11) is 0. The topological polar surface area (TPSA) is 71.5 Å². The number of nitrogens with zero attached hydrogens (tertiary/aromatic N) is 5. The molecule has 1 amide bonds. The van der Waals surface area contributed by atoms with E-state index < -0.39 is 0 Å². The van der Waals surface area contributed by atoms with Gasteiger partial charge in [-0.25, -0.2) is 15.0 Å². The molecule has 0 N–H and O–H groups in total. The number of anilines is 1. The van der Waals surface area contributed by atoms with Crippen LogP contribution in [0.4, 0.5) is 5.13 Å². The minimum Gasteiger partial charge on any atom is -0.478 e. The van der Waals surface area contributed by atoms with Crippen molar-refractivity contribution >= 4 is 44.3 Å². The largest absolute Gasteiger partial charge is 0.478 e. The highest BCUT2D eigenvalue weighted by molar-refractivity contribution is 7.21. The number of pyridine rings is 2. The Hall–Kier alpha value is -2.45. The molecule has 0 unspecified atom stereocenters. The van der Waals surface area contributed by atoms with E-state index in [0.29, 0.717) is 43.7 Å². The number of rotatable bonds is 4. The Balaban J connectivity index is 1.45. The number of thiazole rings is 1. The van der Waals surface area contributed by atoms with E-state index in [-0.39, 0.29) is 11.6 Å². The Kier molecular flexibility index (Phi) is 5.09. The van der Waals surface area contributed by atoms with Gasteiger partial charge in [-0.15, -0.1) is 0 Å². The molecule has 0 atom stereocenters. The van der Waals surface area contributed by atoms with Crippen LogP contribution in [0.3, 0.4) is 0 Å². The molecule has 3 aromatic rings. The van der Waals surface area contributed by atoms with Gasteiger partial charge in [-0.3, -0.25) is 4.79 Å². The fourth-order valence-electron chi connectivity index (χ4n) is 2.95. The van der Waals surface area contributed by atoms with Crippen LogP contribution in [0.25, 0.3) is 10.3 Å². The summed E-state index contributed by atoms with van der Waals surface area (Å²) in [5, 5.41) is 1.27. The molecule has 27 heavy (non-hydrogen) atoms. The van der Waals surface area contributed by atoms with E-state index in [1.165, 1.54) is 0 Å². The Morgan fingerprint density at radius 1 is 1.22 bits per heavy atom. The minimum absolute atomic E-state index is 0.174. The number of ether oxygens (including phenoxy) is 1. The Bertz CT molecular complexity index is 938. The fraction of sp³-hybridized carbons (Fsp3) is 0.333. The molecule has 0 bridgehead atoms. The molecule has 0 aliphatic carbocycles. The van der Waals surface area contributed by atoms with Crippen molar-refractivity contribution in [1.29, 1.82) is 0 Å². The highest BCUT2D eigenvalue weighted by Gasteiger charge is 2.26. The first-order valence-corrected chi connectivity index (χ1v) is 9.90. The van der Waals surface area contributed by atoms with E-state index in [1.807, 2.05) is 19.1 Å². The SMILES string of the molecule is CCOc1ccc(Cl)c(C(=O)N2CCN(c3nc4cccnc4s3)CC2)n1. The van der Waals surface area contributed by atoms with Crippen LogP contribution in [-0.4, -0.2) is 58.5 Å². The number of hydrogen-bond donors (Lipinski definition) is 0. The fourth-order valence-corrected chi connectivity index (χ4v) is 4.09. The maximum atomic E-state index is 12.8. The van der Waals surface area contributed by atoms with Gasteiger partial charge in [0.2, 0.25) is 5.88 Å². The van der Waals surface area contributed by atoms with Crippen molar-refractivity contribution in [3.8, 4) is 5.88 Å². The summed E-state index contributed by atoms with van der Waals surface area (Å²) >= 11 is 7.76. The van der Waals surface area contributed by atoms with Crippen LogP contribution in [0.2, 0.25) is 5.02 Å². The van der Waals surface area contributed by atoms with Gasteiger partial charge in [0, 0.05) is 38.4 Å². The van der Waals surface area contributed by atoms with Gasteiger partial charge in [-0.2, -0.15) is 0 Å². The first-order valence-electron chi connectivity index (χ1n) is 8.71. The lowest BCUT2D eigenvalue weighted by molar-refractivity contribution is 0.0740. The third-order valence-electron chi connectivity index (χ3n) is 4.31. The van der Waals surface area contributed by atoms with Gasteiger partial charge in [0.25, 0.3) is 5.91 Å². The van der Waals surface area contributed by atoms with E-state index in [1.54, 1.807) is 34.6 Å². The molecule has 4 rings (SSSR count). The number of carbonyl (C=O) groups is 1. The lowest BCUT2D eigenvalue weighted by Crippen LogP contribution is -2.49. The van der Waals surface area contributed by atoms with Gasteiger partial charge >= 0.3 is 0 Å². The zero-order valence-electron chi connectivity index (χ0n) is 14.8. The molecule has 1 aliphatic rings. The zero-order valence-corrected chi connectivity index (χ0v) is 16.3. The Morgan fingerprint density at radius 2 is 2.04 bits per heavy atom. The van der Waals surface area contributed by atoms with Crippen molar-refractivity contribution in [2.24, 2.45) is 0 Å². The van der Waals surface area contributed by atoms with Crippen molar-refractivity contribution in [1.82, 2.24) is 19.9 Å². The molecular formula is C18H18ClN5O2S. The smallest absolute Gasteiger partial charge is 0.274 e. The standard InChI is InChI=1S/C18H18ClN5O2S/c1-2-26-14-6-5-12(19)15(22-14)17(25)23-8-10-24(11-9-23)18-21-13-4-3-7-20-16(13)27-18/h3-7H,2,8-11H2,1H3. The average molecular weight is 404 g/mol. The number of halogens is 1. The molecule has 9 heteroatoms. The normalized spacial score (nSPS) is 14.6. The molecule has 140 valence electrons. The summed E-state index contributed by atoms with van der Waals surface area (Å²) in [6.45, 7) is 4.92. The molecule has 1 aliphatic heterocycles. The van der Waals surface area contributed by atoms with Crippen molar-refractivity contribution < 1.29 is 9.53 Å². The predicted octanol–water partition coefficient (Wildman–Crippen LogP) is 3.10.